The Bertz CT molecular complexity index is 465. The van der Waals surface area contributed by atoms with E-state index < -0.39 is 0 Å². The summed E-state index contributed by atoms with van der Waals surface area (Å²) in [4.78, 5) is 3.92. The van der Waals surface area contributed by atoms with E-state index in [-0.39, 0.29) is 11.5 Å². The third-order valence-corrected chi connectivity index (χ3v) is 2.04. The molecule has 0 bridgehead atoms. The molecule has 4 nitrogen and oxygen atoms in total. The second-order valence-corrected chi connectivity index (χ2v) is 3.89. The highest BCUT2D eigenvalue weighted by molar-refractivity contribution is 6.27. The van der Waals surface area contributed by atoms with Gasteiger partial charge in [0.25, 0.3) is 0 Å². The van der Waals surface area contributed by atoms with Crippen molar-refractivity contribution in [2.45, 2.75) is 20.0 Å². The standard InChI is InChI=1S/C11H11ClN2O2/c1-7(2)15-9-5-3-8(4-6-9)10-13-11(12)16-14-10/h3-7H,1-2H3. The van der Waals surface area contributed by atoms with Gasteiger partial charge in [0.1, 0.15) is 5.75 Å². The molecule has 0 amide bonds. The van der Waals surface area contributed by atoms with Crippen LogP contribution in [-0.2, 0) is 0 Å². The first-order chi connectivity index (χ1) is 7.65. The van der Waals surface area contributed by atoms with E-state index in [2.05, 4.69) is 14.7 Å². The fourth-order valence-corrected chi connectivity index (χ4v) is 1.39. The van der Waals surface area contributed by atoms with E-state index in [0.717, 1.165) is 11.3 Å². The third kappa shape index (κ3) is 2.52. The third-order valence-electron chi connectivity index (χ3n) is 1.89. The summed E-state index contributed by atoms with van der Waals surface area (Å²) in [5.74, 6) is 1.29. The van der Waals surface area contributed by atoms with Gasteiger partial charge < -0.3 is 9.26 Å². The summed E-state index contributed by atoms with van der Waals surface area (Å²) in [6, 6.07) is 7.44. The lowest BCUT2D eigenvalue weighted by atomic mass is 10.2. The Labute approximate surface area is 98.2 Å². The Hall–Kier alpha value is -1.55. The minimum Gasteiger partial charge on any atom is -0.491 e. The van der Waals surface area contributed by atoms with Crippen LogP contribution in [0.1, 0.15) is 13.8 Å². The minimum atomic E-state index is 0.0394. The molecule has 5 heteroatoms. The number of rotatable bonds is 3. The van der Waals surface area contributed by atoms with Crippen LogP contribution in [0.4, 0.5) is 0 Å². The zero-order chi connectivity index (χ0) is 11.5. The molecule has 0 aliphatic carbocycles. The predicted octanol–water partition coefficient (Wildman–Crippen LogP) is 3.18. The molecule has 0 aliphatic rings. The van der Waals surface area contributed by atoms with Crippen molar-refractivity contribution < 1.29 is 9.26 Å². The highest BCUT2D eigenvalue weighted by Crippen LogP contribution is 2.21. The Morgan fingerprint density at radius 1 is 1.25 bits per heavy atom. The maximum Gasteiger partial charge on any atom is 0.320 e. The van der Waals surface area contributed by atoms with Crippen molar-refractivity contribution in [3.63, 3.8) is 0 Å². The molecule has 0 radical (unpaired) electrons. The first-order valence-corrected chi connectivity index (χ1v) is 5.29. The summed E-state index contributed by atoms with van der Waals surface area (Å²) < 4.78 is 10.2. The van der Waals surface area contributed by atoms with E-state index in [4.69, 9.17) is 16.3 Å². The molecule has 0 aliphatic heterocycles. The summed E-state index contributed by atoms with van der Waals surface area (Å²) in [7, 11) is 0. The topological polar surface area (TPSA) is 48.2 Å². The predicted molar refractivity (Wildman–Crippen MR) is 60.5 cm³/mol. The van der Waals surface area contributed by atoms with Gasteiger partial charge >= 0.3 is 5.35 Å². The van der Waals surface area contributed by atoms with Crippen LogP contribution in [0.15, 0.2) is 28.8 Å². The van der Waals surface area contributed by atoms with Crippen LogP contribution in [-0.4, -0.2) is 16.2 Å². The first-order valence-electron chi connectivity index (χ1n) is 4.91. The van der Waals surface area contributed by atoms with Gasteiger partial charge in [-0.1, -0.05) is 5.16 Å². The van der Waals surface area contributed by atoms with Crippen molar-refractivity contribution in [3.05, 3.63) is 29.6 Å². The van der Waals surface area contributed by atoms with Crippen molar-refractivity contribution in [3.8, 4) is 17.1 Å². The maximum atomic E-state index is 5.55. The lowest BCUT2D eigenvalue weighted by molar-refractivity contribution is 0.242. The second-order valence-electron chi connectivity index (χ2n) is 3.56. The molecule has 1 heterocycles. The second kappa shape index (κ2) is 4.53. The molecule has 1 aromatic heterocycles. The summed E-state index contributed by atoms with van der Waals surface area (Å²) in [6.45, 7) is 3.96. The van der Waals surface area contributed by atoms with Crippen LogP contribution in [0.3, 0.4) is 0 Å². The van der Waals surface area contributed by atoms with Gasteiger partial charge in [0.05, 0.1) is 6.10 Å². The Balaban J connectivity index is 2.19. The van der Waals surface area contributed by atoms with Crippen LogP contribution in [0.5, 0.6) is 5.75 Å². The van der Waals surface area contributed by atoms with Crippen molar-refractivity contribution in [1.29, 1.82) is 0 Å². The molecule has 0 saturated heterocycles. The highest BCUT2D eigenvalue weighted by atomic mass is 35.5. The van der Waals surface area contributed by atoms with Gasteiger partial charge in [-0.15, -0.1) is 0 Å². The molecule has 0 fully saturated rings. The number of hydrogen-bond acceptors (Lipinski definition) is 4. The van der Waals surface area contributed by atoms with E-state index >= 15 is 0 Å². The molecule has 1 aromatic carbocycles. The van der Waals surface area contributed by atoms with Crippen molar-refractivity contribution in [2.24, 2.45) is 0 Å². The fraction of sp³-hybridized carbons (Fsp3) is 0.273. The molecular weight excluding hydrogens is 228 g/mol. The number of aromatic nitrogens is 2. The Morgan fingerprint density at radius 2 is 1.94 bits per heavy atom. The van der Waals surface area contributed by atoms with Gasteiger partial charge in [-0.3, -0.25) is 0 Å². The van der Waals surface area contributed by atoms with Gasteiger partial charge in [-0.2, -0.15) is 4.98 Å². The van der Waals surface area contributed by atoms with E-state index in [1.54, 1.807) is 0 Å². The van der Waals surface area contributed by atoms with E-state index in [1.165, 1.54) is 0 Å². The van der Waals surface area contributed by atoms with Crippen LogP contribution in [0.2, 0.25) is 5.35 Å². The molecule has 0 unspecified atom stereocenters. The molecule has 16 heavy (non-hydrogen) atoms. The minimum absolute atomic E-state index is 0.0394. The van der Waals surface area contributed by atoms with Crippen molar-refractivity contribution in [2.75, 3.05) is 0 Å². The van der Waals surface area contributed by atoms with E-state index in [9.17, 15) is 0 Å². The normalized spacial score (nSPS) is 10.8. The lowest BCUT2D eigenvalue weighted by Gasteiger charge is -2.09. The molecule has 84 valence electrons. The zero-order valence-corrected chi connectivity index (χ0v) is 9.73. The number of ether oxygens (including phenoxy) is 1. The van der Waals surface area contributed by atoms with Gasteiger partial charge in [0.2, 0.25) is 5.82 Å². The molecule has 0 spiro atoms. The smallest absolute Gasteiger partial charge is 0.320 e. The lowest BCUT2D eigenvalue weighted by Crippen LogP contribution is -2.05. The number of hydrogen-bond donors (Lipinski definition) is 0. The Morgan fingerprint density at radius 3 is 2.44 bits per heavy atom. The monoisotopic (exact) mass is 238 g/mol. The largest absolute Gasteiger partial charge is 0.491 e. The summed E-state index contributed by atoms with van der Waals surface area (Å²) in [6.07, 6.45) is 0.158. The van der Waals surface area contributed by atoms with Crippen molar-refractivity contribution in [1.82, 2.24) is 10.1 Å². The quantitative estimate of drug-likeness (QED) is 0.824. The summed E-state index contributed by atoms with van der Waals surface area (Å²) in [5, 5.41) is 3.76. The average molecular weight is 239 g/mol. The summed E-state index contributed by atoms with van der Waals surface area (Å²) >= 11 is 5.55. The summed E-state index contributed by atoms with van der Waals surface area (Å²) in [5.41, 5.74) is 0.840. The SMILES string of the molecule is CC(C)Oc1ccc(-c2noc(Cl)n2)cc1. The van der Waals surface area contributed by atoms with Gasteiger partial charge in [-0.25, -0.2) is 0 Å². The molecule has 2 rings (SSSR count). The van der Waals surface area contributed by atoms with Crippen LogP contribution in [0, 0.1) is 0 Å². The van der Waals surface area contributed by atoms with E-state index in [0.29, 0.717) is 5.82 Å². The fourth-order valence-electron chi connectivity index (χ4n) is 1.28. The number of nitrogens with zero attached hydrogens (tertiary/aromatic N) is 2. The molecule has 2 aromatic rings. The average Bonchev–Trinajstić information content (AvgIpc) is 2.65. The van der Waals surface area contributed by atoms with Crippen LogP contribution in [0.25, 0.3) is 11.4 Å². The zero-order valence-electron chi connectivity index (χ0n) is 8.98. The van der Waals surface area contributed by atoms with Crippen LogP contribution < -0.4 is 4.74 Å². The van der Waals surface area contributed by atoms with Crippen LogP contribution >= 0.6 is 11.6 Å². The molecular formula is C11H11ClN2O2. The van der Waals surface area contributed by atoms with Crippen molar-refractivity contribution >= 4 is 11.6 Å². The van der Waals surface area contributed by atoms with Gasteiger partial charge in [0, 0.05) is 5.56 Å². The maximum absolute atomic E-state index is 5.55. The van der Waals surface area contributed by atoms with Gasteiger partial charge in [-0.05, 0) is 49.7 Å². The number of benzene rings is 1. The number of halogens is 1. The Kier molecular flexibility index (Phi) is 3.10. The highest BCUT2D eigenvalue weighted by Gasteiger charge is 2.06. The van der Waals surface area contributed by atoms with Gasteiger partial charge in [0.15, 0.2) is 0 Å². The molecule has 0 atom stereocenters. The molecule has 0 saturated carbocycles. The molecule has 0 N–H and O–H groups in total. The van der Waals surface area contributed by atoms with E-state index in [1.807, 2.05) is 38.1 Å². The first kappa shape index (κ1) is 11.0.